The highest BCUT2D eigenvalue weighted by Gasteiger charge is 2.17. The molecule has 0 radical (unpaired) electrons. The fraction of sp³-hybridized carbons (Fsp3) is 0.312. The number of hydrogen-bond acceptors (Lipinski definition) is 2. The molecule has 0 bridgehead atoms. The lowest BCUT2D eigenvalue weighted by atomic mass is 9.82. The van der Waals surface area contributed by atoms with E-state index in [1.165, 1.54) is 5.56 Å². The monoisotopic (exact) mass is 319 g/mol. The van der Waals surface area contributed by atoms with Crippen molar-refractivity contribution >= 4 is 15.9 Å². The SMILES string of the molecule is CCC(C)(C)c1ccc(Oc2cccc(Br)n2)cc1. The van der Waals surface area contributed by atoms with Gasteiger partial charge >= 0.3 is 0 Å². The highest BCUT2D eigenvalue weighted by Crippen LogP contribution is 2.29. The van der Waals surface area contributed by atoms with Crippen LogP contribution in [0.5, 0.6) is 11.6 Å². The van der Waals surface area contributed by atoms with Crippen LogP contribution in [0.25, 0.3) is 0 Å². The van der Waals surface area contributed by atoms with Gasteiger partial charge in [-0.2, -0.15) is 0 Å². The van der Waals surface area contributed by atoms with Crippen molar-refractivity contribution in [2.75, 3.05) is 0 Å². The Bertz CT molecular complexity index is 549. The molecule has 0 aliphatic carbocycles. The Morgan fingerprint density at radius 1 is 1.11 bits per heavy atom. The van der Waals surface area contributed by atoms with E-state index in [1.807, 2.05) is 30.3 Å². The average Bonchev–Trinajstić information content (AvgIpc) is 2.39. The summed E-state index contributed by atoms with van der Waals surface area (Å²) in [6.07, 6.45) is 1.11. The molecule has 2 rings (SSSR count). The minimum Gasteiger partial charge on any atom is -0.439 e. The highest BCUT2D eigenvalue weighted by atomic mass is 79.9. The van der Waals surface area contributed by atoms with Crippen molar-refractivity contribution in [1.29, 1.82) is 0 Å². The molecule has 0 unspecified atom stereocenters. The molecule has 0 saturated carbocycles. The van der Waals surface area contributed by atoms with Crippen molar-refractivity contribution in [1.82, 2.24) is 4.98 Å². The van der Waals surface area contributed by atoms with Crippen LogP contribution in [0.15, 0.2) is 47.1 Å². The van der Waals surface area contributed by atoms with E-state index < -0.39 is 0 Å². The molecule has 0 saturated heterocycles. The molecule has 0 aliphatic heterocycles. The number of pyridine rings is 1. The smallest absolute Gasteiger partial charge is 0.220 e. The zero-order valence-corrected chi connectivity index (χ0v) is 13.1. The van der Waals surface area contributed by atoms with Gasteiger partial charge in [-0.3, -0.25) is 0 Å². The van der Waals surface area contributed by atoms with E-state index >= 15 is 0 Å². The van der Waals surface area contributed by atoms with Crippen molar-refractivity contribution < 1.29 is 4.74 Å². The Balaban J connectivity index is 2.15. The molecule has 2 aromatic rings. The Morgan fingerprint density at radius 2 is 1.79 bits per heavy atom. The fourth-order valence-corrected chi connectivity index (χ4v) is 2.07. The zero-order valence-electron chi connectivity index (χ0n) is 11.5. The zero-order chi connectivity index (χ0) is 13.9. The van der Waals surface area contributed by atoms with Crippen molar-refractivity contribution in [3.05, 3.63) is 52.6 Å². The van der Waals surface area contributed by atoms with Gasteiger partial charge in [-0.25, -0.2) is 4.98 Å². The van der Waals surface area contributed by atoms with Crippen molar-refractivity contribution in [3.8, 4) is 11.6 Å². The number of nitrogens with zero attached hydrogens (tertiary/aromatic N) is 1. The molecule has 1 aromatic carbocycles. The molecular formula is C16H18BrNO. The Kier molecular flexibility index (Phi) is 4.25. The lowest BCUT2D eigenvalue weighted by molar-refractivity contribution is 0.459. The fourth-order valence-electron chi connectivity index (χ4n) is 1.75. The first-order chi connectivity index (χ1) is 9.01. The lowest BCUT2D eigenvalue weighted by Crippen LogP contribution is -2.14. The molecule has 0 spiro atoms. The van der Waals surface area contributed by atoms with Crippen LogP contribution in [0.4, 0.5) is 0 Å². The molecule has 1 heterocycles. The second-order valence-electron chi connectivity index (χ2n) is 5.16. The second kappa shape index (κ2) is 5.74. The topological polar surface area (TPSA) is 22.1 Å². The van der Waals surface area contributed by atoms with Crippen LogP contribution < -0.4 is 4.74 Å². The van der Waals surface area contributed by atoms with E-state index in [2.05, 4.69) is 53.8 Å². The van der Waals surface area contributed by atoms with E-state index in [-0.39, 0.29) is 5.41 Å². The number of ether oxygens (including phenoxy) is 1. The van der Waals surface area contributed by atoms with Crippen LogP contribution in [-0.4, -0.2) is 4.98 Å². The predicted octanol–water partition coefficient (Wildman–Crippen LogP) is 5.32. The van der Waals surface area contributed by atoms with Gasteiger partial charge in [0.2, 0.25) is 5.88 Å². The van der Waals surface area contributed by atoms with Crippen molar-refractivity contribution in [2.45, 2.75) is 32.6 Å². The maximum Gasteiger partial charge on any atom is 0.220 e. The number of halogens is 1. The van der Waals surface area contributed by atoms with Crippen LogP contribution in [0.3, 0.4) is 0 Å². The van der Waals surface area contributed by atoms with E-state index in [9.17, 15) is 0 Å². The van der Waals surface area contributed by atoms with E-state index in [0.717, 1.165) is 16.8 Å². The third-order valence-electron chi connectivity index (χ3n) is 3.43. The van der Waals surface area contributed by atoms with Gasteiger partial charge in [0, 0.05) is 6.07 Å². The van der Waals surface area contributed by atoms with Crippen molar-refractivity contribution in [3.63, 3.8) is 0 Å². The van der Waals surface area contributed by atoms with Gasteiger partial charge in [0.25, 0.3) is 0 Å². The number of aromatic nitrogens is 1. The first-order valence-corrected chi connectivity index (χ1v) is 7.21. The molecular weight excluding hydrogens is 302 g/mol. The average molecular weight is 320 g/mol. The van der Waals surface area contributed by atoms with Gasteiger partial charge < -0.3 is 4.74 Å². The van der Waals surface area contributed by atoms with Crippen molar-refractivity contribution in [2.24, 2.45) is 0 Å². The van der Waals surface area contributed by atoms with Crippen LogP contribution in [-0.2, 0) is 5.41 Å². The number of rotatable bonds is 4. The normalized spacial score (nSPS) is 11.4. The minimum atomic E-state index is 0.201. The van der Waals surface area contributed by atoms with Gasteiger partial charge in [0.05, 0.1) is 0 Å². The van der Waals surface area contributed by atoms with Gasteiger partial charge in [-0.1, -0.05) is 39.0 Å². The summed E-state index contributed by atoms with van der Waals surface area (Å²) >= 11 is 3.33. The summed E-state index contributed by atoms with van der Waals surface area (Å²) in [5.41, 5.74) is 1.52. The molecule has 0 aliphatic rings. The maximum atomic E-state index is 5.72. The van der Waals surface area contributed by atoms with Gasteiger partial charge in [-0.15, -0.1) is 0 Å². The first-order valence-electron chi connectivity index (χ1n) is 6.42. The molecule has 0 atom stereocenters. The first kappa shape index (κ1) is 14.1. The summed E-state index contributed by atoms with van der Waals surface area (Å²) in [5.74, 6) is 1.40. The van der Waals surface area contributed by atoms with Crippen LogP contribution >= 0.6 is 15.9 Å². The summed E-state index contributed by atoms with van der Waals surface area (Å²) in [6, 6.07) is 13.9. The molecule has 2 nitrogen and oxygen atoms in total. The second-order valence-corrected chi connectivity index (χ2v) is 5.97. The van der Waals surface area contributed by atoms with Crippen LogP contribution in [0, 0.1) is 0 Å². The molecule has 1 aromatic heterocycles. The number of hydrogen-bond donors (Lipinski definition) is 0. The molecule has 0 amide bonds. The van der Waals surface area contributed by atoms with Crippen LogP contribution in [0.2, 0.25) is 0 Å². The van der Waals surface area contributed by atoms with Gasteiger partial charge in [0.1, 0.15) is 10.4 Å². The summed E-state index contributed by atoms with van der Waals surface area (Å²) < 4.78 is 6.49. The van der Waals surface area contributed by atoms with Crippen LogP contribution in [0.1, 0.15) is 32.8 Å². The van der Waals surface area contributed by atoms with Gasteiger partial charge in [0.15, 0.2) is 0 Å². The standard InChI is InChI=1S/C16H18BrNO/c1-4-16(2,3)12-8-10-13(11-9-12)19-15-7-5-6-14(17)18-15/h5-11H,4H2,1-3H3. The molecule has 0 N–H and O–H groups in total. The summed E-state index contributed by atoms with van der Waals surface area (Å²) in [4.78, 5) is 4.25. The quantitative estimate of drug-likeness (QED) is 0.711. The molecule has 100 valence electrons. The predicted molar refractivity (Wildman–Crippen MR) is 81.8 cm³/mol. The van der Waals surface area contributed by atoms with Gasteiger partial charge in [-0.05, 0) is 51.5 Å². The third kappa shape index (κ3) is 3.57. The molecule has 19 heavy (non-hydrogen) atoms. The Hall–Kier alpha value is -1.35. The lowest BCUT2D eigenvalue weighted by Gasteiger charge is -2.23. The summed E-state index contributed by atoms with van der Waals surface area (Å²) in [5, 5.41) is 0. The largest absolute Gasteiger partial charge is 0.439 e. The minimum absolute atomic E-state index is 0.201. The Labute approximate surface area is 123 Å². The Morgan fingerprint density at radius 3 is 2.37 bits per heavy atom. The number of benzene rings is 1. The van der Waals surface area contributed by atoms with E-state index in [0.29, 0.717) is 5.88 Å². The maximum absolute atomic E-state index is 5.72. The van der Waals surface area contributed by atoms with E-state index in [4.69, 9.17) is 4.74 Å². The molecule has 0 fully saturated rings. The highest BCUT2D eigenvalue weighted by molar-refractivity contribution is 9.10. The summed E-state index contributed by atoms with van der Waals surface area (Å²) in [7, 11) is 0. The molecule has 3 heteroatoms. The van der Waals surface area contributed by atoms with E-state index in [1.54, 1.807) is 0 Å². The summed E-state index contributed by atoms with van der Waals surface area (Å²) in [6.45, 7) is 6.70. The third-order valence-corrected chi connectivity index (χ3v) is 3.87.